The summed E-state index contributed by atoms with van der Waals surface area (Å²) < 4.78 is 47.3. The van der Waals surface area contributed by atoms with Gasteiger partial charge in [0.1, 0.15) is 5.69 Å². The van der Waals surface area contributed by atoms with Gasteiger partial charge in [0, 0.05) is 6.07 Å². The molecule has 4 nitrogen and oxygen atoms in total. The van der Waals surface area contributed by atoms with Gasteiger partial charge in [-0.2, -0.15) is 0 Å². The Morgan fingerprint density at radius 2 is 2.18 bits per heavy atom. The maximum Gasteiger partial charge on any atom is 0.360 e. The lowest BCUT2D eigenvalue weighted by molar-refractivity contribution is 0.0512. The van der Waals surface area contributed by atoms with Crippen LogP contribution in [0.1, 0.15) is 29.5 Å². The van der Waals surface area contributed by atoms with Crippen LogP contribution in [0.3, 0.4) is 0 Å². The smallest absolute Gasteiger partial charge is 0.360 e. The quantitative estimate of drug-likeness (QED) is 0.768. The minimum absolute atomic E-state index is 0.0180. The van der Waals surface area contributed by atoms with Gasteiger partial charge < -0.3 is 9.47 Å². The molecule has 1 aromatic rings. The van der Waals surface area contributed by atoms with E-state index in [2.05, 4.69) is 14.5 Å². The van der Waals surface area contributed by atoms with E-state index < -0.39 is 35.3 Å². The normalized spacial score (nSPS) is 10.5. The van der Waals surface area contributed by atoms with Gasteiger partial charge in [-0.25, -0.2) is 22.9 Å². The molecule has 1 aromatic heterocycles. The van der Waals surface area contributed by atoms with Crippen molar-refractivity contribution in [2.24, 2.45) is 0 Å². The number of esters is 1. The molecule has 0 spiro atoms. The number of halogens is 3. The lowest BCUT2D eigenvalue weighted by Gasteiger charge is -2.09. The van der Waals surface area contributed by atoms with Gasteiger partial charge in [0.2, 0.25) is 0 Å². The molecule has 17 heavy (non-hydrogen) atoms. The summed E-state index contributed by atoms with van der Waals surface area (Å²) >= 11 is 0. The van der Waals surface area contributed by atoms with Crippen molar-refractivity contribution in [1.82, 2.24) is 4.98 Å². The van der Waals surface area contributed by atoms with E-state index in [4.69, 9.17) is 0 Å². The third kappa shape index (κ3) is 2.86. The Hall–Kier alpha value is -1.79. The van der Waals surface area contributed by atoms with Crippen molar-refractivity contribution in [2.45, 2.75) is 13.3 Å². The summed E-state index contributed by atoms with van der Waals surface area (Å²) in [7, 11) is 1.10. The zero-order valence-corrected chi connectivity index (χ0v) is 9.17. The van der Waals surface area contributed by atoms with E-state index in [1.165, 1.54) is 6.92 Å². The van der Waals surface area contributed by atoms with E-state index in [1.54, 1.807) is 0 Å². The van der Waals surface area contributed by atoms with Crippen LogP contribution in [0, 0.1) is 5.82 Å². The molecule has 0 saturated carbocycles. The van der Waals surface area contributed by atoms with Gasteiger partial charge in [0.25, 0.3) is 6.43 Å². The topological polar surface area (TPSA) is 48.4 Å². The molecule has 0 amide bonds. The minimum atomic E-state index is -2.98. The number of alkyl halides is 2. The number of nitrogens with zero attached hydrogens (tertiary/aromatic N) is 1. The predicted octanol–water partition coefficient (Wildman–Crippen LogP) is 2.34. The van der Waals surface area contributed by atoms with Crippen LogP contribution < -0.4 is 4.74 Å². The van der Waals surface area contributed by atoms with Crippen molar-refractivity contribution in [3.8, 4) is 5.75 Å². The van der Waals surface area contributed by atoms with E-state index >= 15 is 0 Å². The molecule has 0 bridgehead atoms. The van der Waals surface area contributed by atoms with Crippen LogP contribution >= 0.6 is 0 Å². The summed E-state index contributed by atoms with van der Waals surface area (Å²) in [5.41, 5.74) is -1.43. The zero-order valence-electron chi connectivity index (χ0n) is 9.17. The average molecular weight is 249 g/mol. The lowest BCUT2D eigenvalue weighted by Crippen LogP contribution is -2.12. The average Bonchev–Trinajstić information content (AvgIpc) is 2.28. The first kappa shape index (κ1) is 13.3. The first-order valence-electron chi connectivity index (χ1n) is 4.71. The van der Waals surface area contributed by atoms with Gasteiger partial charge in [0.15, 0.2) is 17.3 Å². The van der Waals surface area contributed by atoms with Crippen LogP contribution in [0.2, 0.25) is 0 Å². The monoisotopic (exact) mass is 249 g/mol. The van der Waals surface area contributed by atoms with Crippen molar-refractivity contribution < 1.29 is 27.4 Å². The maximum absolute atomic E-state index is 13.4. The summed E-state index contributed by atoms with van der Waals surface area (Å²) in [5, 5.41) is 0. The standard InChI is InChI=1S/C10H10F3NO3/c1-3-17-10(15)7-8(16-2)5(11)4-6(14-7)9(12)13/h4,9H,3H2,1-2H3. The fourth-order valence-electron chi connectivity index (χ4n) is 1.16. The number of methoxy groups -OCH3 is 1. The van der Waals surface area contributed by atoms with Gasteiger partial charge in [0.05, 0.1) is 13.7 Å². The van der Waals surface area contributed by atoms with Crippen LogP contribution in [0.25, 0.3) is 0 Å². The van der Waals surface area contributed by atoms with Crippen molar-refractivity contribution in [3.05, 3.63) is 23.3 Å². The number of rotatable bonds is 4. The van der Waals surface area contributed by atoms with Crippen LogP contribution in [0.5, 0.6) is 5.75 Å². The number of hydrogen-bond acceptors (Lipinski definition) is 4. The zero-order chi connectivity index (χ0) is 13.0. The van der Waals surface area contributed by atoms with Crippen LogP contribution in [-0.4, -0.2) is 24.7 Å². The number of aromatic nitrogens is 1. The molecular weight excluding hydrogens is 239 g/mol. The SMILES string of the molecule is CCOC(=O)c1nc(C(F)F)cc(F)c1OC. The Bertz CT molecular complexity index is 424. The van der Waals surface area contributed by atoms with Gasteiger partial charge in [-0.1, -0.05) is 0 Å². The van der Waals surface area contributed by atoms with E-state index in [0.29, 0.717) is 6.07 Å². The lowest BCUT2D eigenvalue weighted by atomic mass is 10.2. The Balaban J connectivity index is 3.28. The molecule has 0 radical (unpaired) electrons. The number of pyridine rings is 1. The fraction of sp³-hybridized carbons (Fsp3) is 0.400. The summed E-state index contributed by atoms with van der Waals surface area (Å²) in [4.78, 5) is 14.7. The second-order valence-corrected chi connectivity index (χ2v) is 2.93. The maximum atomic E-state index is 13.4. The first-order valence-corrected chi connectivity index (χ1v) is 4.71. The highest BCUT2D eigenvalue weighted by molar-refractivity contribution is 5.90. The highest BCUT2D eigenvalue weighted by Crippen LogP contribution is 2.26. The molecule has 7 heteroatoms. The van der Waals surface area contributed by atoms with Gasteiger partial charge >= 0.3 is 5.97 Å². The first-order chi connectivity index (χ1) is 8.01. The highest BCUT2D eigenvalue weighted by Gasteiger charge is 2.23. The van der Waals surface area contributed by atoms with Crippen LogP contribution in [-0.2, 0) is 4.74 Å². The summed E-state index contributed by atoms with van der Waals surface area (Å²) in [6.07, 6.45) is -2.98. The number of carbonyl (C=O) groups is 1. The minimum Gasteiger partial charge on any atom is -0.491 e. The molecule has 0 aliphatic carbocycles. The molecule has 94 valence electrons. The predicted molar refractivity (Wildman–Crippen MR) is 51.7 cm³/mol. The molecule has 0 aliphatic heterocycles. The van der Waals surface area contributed by atoms with Gasteiger partial charge in [-0.15, -0.1) is 0 Å². The molecule has 0 aromatic carbocycles. The molecule has 0 fully saturated rings. The Labute approximate surface area is 95.4 Å². The second kappa shape index (κ2) is 5.51. The fourth-order valence-corrected chi connectivity index (χ4v) is 1.16. The molecule has 1 heterocycles. The third-order valence-corrected chi connectivity index (χ3v) is 1.84. The summed E-state index contributed by atoms with van der Waals surface area (Å²) in [6, 6.07) is 0.520. The summed E-state index contributed by atoms with van der Waals surface area (Å²) in [6.45, 7) is 1.54. The number of hydrogen-bond donors (Lipinski definition) is 0. The molecule has 0 atom stereocenters. The van der Waals surface area contributed by atoms with E-state index in [-0.39, 0.29) is 6.61 Å². The molecule has 0 unspecified atom stereocenters. The van der Waals surface area contributed by atoms with E-state index in [1.807, 2.05) is 0 Å². The highest BCUT2D eigenvalue weighted by atomic mass is 19.3. The van der Waals surface area contributed by atoms with Crippen molar-refractivity contribution in [3.63, 3.8) is 0 Å². The number of carbonyl (C=O) groups excluding carboxylic acids is 1. The third-order valence-electron chi connectivity index (χ3n) is 1.84. The van der Waals surface area contributed by atoms with Crippen molar-refractivity contribution in [2.75, 3.05) is 13.7 Å². The van der Waals surface area contributed by atoms with E-state index in [9.17, 15) is 18.0 Å². The second-order valence-electron chi connectivity index (χ2n) is 2.93. The molecule has 0 N–H and O–H groups in total. The van der Waals surface area contributed by atoms with Gasteiger partial charge in [-0.3, -0.25) is 0 Å². The van der Waals surface area contributed by atoms with Crippen molar-refractivity contribution in [1.29, 1.82) is 0 Å². The number of ether oxygens (including phenoxy) is 2. The Morgan fingerprint density at radius 3 is 2.65 bits per heavy atom. The Morgan fingerprint density at radius 1 is 1.53 bits per heavy atom. The molecular formula is C10H10F3NO3. The van der Waals surface area contributed by atoms with Crippen molar-refractivity contribution >= 4 is 5.97 Å². The van der Waals surface area contributed by atoms with E-state index in [0.717, 1.165) is 7.11 Å². The largest absolute Gasteiger partial charge is 0.491 e. The molecule has 0 saturated heterocycles. The summed E-state index contributed by atoms with van der Waals surface area (Å²) in [5.74, 6) is -2.60. The molecule has 1 rings (SSSR count). The van der Waals surface area contributed by atoms with Crippen LogP contribution in [0.4, 0.5) is 13.2 Å². The van der Waals surface area contributed by atoms with Crippen LogP contribution in [0.15, 0.2) is 6.07 Å². The Kier molecular flexibility index (Phi) is 4.30. The van der Waals surface area contributed by atoms with Gasteiger partial charge in [-0.05, 0) is 6.92 Å². The molecule has 0 aliphatic rings.